The van der Waals surface area contributed by atoms with E-state index in [1.807, 2.05) is 36.4 Å². The normalized spacial score (nSPS) is 14.8. The fraction of sp³-hybridized carbons (Fsp3) is 0.156. The number of aromatic nitrogens is 1. The zero-order valence-corrected chi connectivity index (χ0v) is 25.3. The van der Waals surface area contributed by atoms with Gasteiger partial charge >= 0.3 is 5.97 Å². The van der Waals surface area contributed by atoms with E-state index >= 15 is 0 Å². The van der Waals surface area contributed by atoms with Gasteiger partial charge in [-0.2, -0.15) is 0 Å². The molecule has 44 heavy (non-hydrogen) atoms. The SMILES string of the molecule is CCOC(=O)C1=C(C)N=c2s/c(=C/c3ccc(-c4ccc(Cl)c([N+](=O)[O-])c4)o3)c(=O)n2[C@H]1c1c(OC)ccc2ccccc12. The van der Waals surface area contributed by atoms with Gasteiger partial charge in [0.05, 0.1) is 34.4 Å². The minimum atomic E-state index is -0.879. The van der Waals surface area contributed by atoms with Crippen LogP contribution in [0.4, 0.5) is 5.69 Å². The van der Waals surface area contributed by atoms with Gasteiger partial charge in [0.1, 0.15) is 28.3 Å². The van der Waals surface area contributed by atoms with Gasteiger partial charge in [-0.1, -0.05) is 53.3 Å². The van der Waals surface area contributed by atoms with Crippen LogP contribution in [0.25, 0.3) is 28.2 Å². The van der Waals surface area contributed by atoms with E-state index in [9.17, 15) is 19.7 Å². The number of fused-ring (bicyclic) bond motifs is 2. The number of halogens is 1. The third kappa shape index (κ3) is 4.99. The maximum atomic E-state index is 14.1. The van der Waals surface area contributed by atoms with Crippen LogP contribution in [0.3, 0.4) is 0 Å². The van der Waals surface area contributed by atoms with Gasteiger partial charge in [0.25, 0.3) is 11.2 Å². The smallest absolute Gasteiger partial charge is 0.338 e. The van der Waals surface area contributed by atoms with Crippen molar-refractivity contribution < 1.29 is 23.6 Å². The highest BCUT2D eigenvalue weighted by Crippen LogP contribution is 2.40. The molecule has 3 aromatic carbocycles. The van der Waals surface area contributed by atoms with Gasteiger partial charge in [-0.25, -0.2) is 9.79 Å². The molecule has 2 aromatic heterocycles. The van der Waals surface area contributed by atoms with Gasteiger partial charge in [0.15, 0.2) is 4.80 Å². The summed E-state index contributed by atoms with van der Waals surface area (Å²) < 4.78 is 19.0. The Labute approximate surface area is 258 Å². The average Bonchev–Trinajstić information content (AvgIpc) is 3.60. The summed E-state index contributed by atoms with van der Waals surface area (Å²) in [5.41, 5.74) is 1.14. The molecule has 1 atom stereocenters. The van der Waals surface area contributed by atoms with Crippen LogP contribution in [-0.4, -0.2) is 29.2 Å². The lowest BCUT2D eigenvalue weighted by atomic mass is 9.90. The Morgan fingerprint density at radius 3 is 2.73 bits per heavy atom. The van der Waals surface area contributed by atoms with E-state index in [1.54, 1.807) is 45.2 Å². The van der Waals surface area contributed by atoms with Crippen LogP contribution in [0.1, 0.15) is 31.2 Å². The van der Waals surface area contributed by atoms with Crippen LogP contribution in [0.5, 0.6) is 5.75 Å². The molecule has 0 bridgehead atoms. The number of carbonyl (C=O) groups excluding carboxylic acids is 1. The fourth-order valence-electron chi connectivity index (χ4n) is 5.32. The molecule has 222 valence electrons. The van der Waals surface area contributed by atoms with Crippen molar-refractivity contribution in [3.8, 4) is 17.1 Å². The second kappa shape index (κ2) is 11.6. The summed E-state index contributed by atoms with van der Waals surface area (Å²) in [4.78, 5) is 43.4. The number of allylic oxidation sites excluding steroid dienone is 1. The fourth-order valence-corrected chi connectivity index (χ4v) is 6.53. The Hall–Kier alpha value is -5.00. The summed E-state index contributed by atoms with van der Waals surface area (Å²) in [5.74, 6) is 0.648. The predicted molar refractivity (Wildman–Crippen MR) is 167 cm³/mol. The van der Waals surface area contributed by atoms with Crippen LogP contribution >= 0.6 is 22.9 Å². The summed E-state index contributed by atoms with van der Waals surface area (Å²) in [5, 5.41) is 13.1. The monoisotopic (exact) mass is 629 g/mol. The maximum absolute atomic E-state index is 14.1. The number of rotatable bonds is 7. The van der Waals surface area contributed by atoms with Crippen molar-refractivity contribution in [1.29, 1.82) is 0 Å². The molecule has 1 aliphatic heterocycles. The third-order valence-electron chi connectivity index (χ3n) is 7.27. The van der Waals surface area contributed by atoms with Crippen molar-refractivity contribution in [2.75, 3.05) is 13.7 Å². The highest BCUT2D eigenvalue weighted by atomic mass is 35.5. The maximum Gasteiger partial charge on any atom is 0.338 e. The number of benzene rings is 3. The first-order valence-electron chi connectivity index (χ1n) is 13.5. The van der Waals surface area contributed by atoms with Crippen molar-refractivity contribution in [3.05, 3.63) is 124 Å². The molecule has 10 nitrogen and oxygen atoms in total. The lowest BCUT2D eigenvalue weighted by Gasteiger charge is -2.27. The van der Waals surface area contributed by atoms with Gasteiger partial charge < -0.3 is 13.9 Å². The average molecular weight is 630 g/mol. The molecule has 12 heteroatoms. The number of nitrogens with zero attached hydrogens (tertiary/aromatic N) is 3. The lowest BCUT2D eigenvalue weighted by molar-refractivity contribution is -0.384. The second-order valence-electron chi connectivity index (χ2n) is 9.83. The van der Waals surface area contributed by atoms with Crippen molar-refractivity contribution in [1.82, 2.24) is 4.57 Å². The molecule has 0 aliphatic carbocycles. The number of nitro groups is 1. The Bertz CT molecular complexity index is 2200. The predicted octanol–water partition coefficient (Wildman–Crippen LogP) is 5.78. The highest BCUT2D eigenvalue weighted by Gasteiger charge is 2.36. The molecule has 5 aromatic rings. The van der Waals surface area contributed by atoms with Gasteiger partial charge in [-0.3, -0.25) is 19.5 Å². The Morgan fingerprint density at radius 1 is 1.18 bits per heavy atom. The van der Waals surface area contributed by atoms with Crippen LogP contribution in [0, 0.1) is 10.1 Å². The number of hydrogen-bond donors (Lipinski definition) is 0. The highest BCUT2D eigenvalue weighted by molar-refractivity contribution is 7.07. The number of carbonyl (C=O) groups is 1. The Kier molecular flexibility index (Phi) is 7.66. The number of furan rings is 1. The van der Waals surface area contributed by atoms with E-state index in [4.69, 9.17) is 25.5 Å². The molecular weight excluding hydrogens is 606 g/mol. The lowest BCUT2D eigenvalue weighted by Crippen LogP contribution is -2.40. The molecule has 1 aliphatic rings. The van der Waals surface area contributed by atoms with E-state index in [1.165, 1.54) is 16.7 Å². The number of ether oxygens (including phenoxy) is 2. The van der Waals surface area contributed by atoms with Crippen LogP contribution in [0.15, 0.2) is 92.2 Å². The largest absolute Gasteiger partial charge is 0.496 e. The summed E-state index contributed by atoms with van der Waals surface area (Å²) >= 11 is 7.11. The topological polar surface area (TPSA) is 126 Å². The zero-order valence-electron chi connectivity index (χ0n) is 23.7. The van der Waals surface area contributed by atoms with E-state index < -0.39 is 16.9 Å². The van der Waals surface area contributed by atoms with Crippen molar-refractivity contribution in [2.45, 2.75) is 19.9 Å². The first kappa shape index (κ1) is 29.1. The molecule has 0 saturated carbocycles. The summed E-state index contributed by atoms with van der Waals surface area (Å²) in [7, 11) is 1.54. The standard InChI is InChI=1S/C32H24ClN3O7S/c1-4-42-31(38)27-17(2)34-32-35(29(27)28-21-8-6-5-7-18(21)10-13-25(28)41-3)30(37)26(44-32)16-20-11-14-24(43-20)19-9-12-22(33)23(15-19)36(39)40/h5-16,29H,4H2,1-3H3/b26-16+/t29-/m1/s1. The molecule has 0 amide bonds. The molecule has 0 radical (unpaired) electrons. The van der Waals surface area contributed by atoms with Gasteiger partial charge in [0, 0.05) is 23.3 Å². The van der Waals surface area contributed by atoms with Crippen LogP contribution in [0.2, 0.25) is 5.02 Å². The third-order valence-corrected chi connectivity index (χ3v) is 8.57. The molecule has 0 fully saturated rings. The number of nitro benzene ring substituents is 1. The Morgan fingerprint density at radius 2 is 1.98 bits per heavy atom. The van der Waals surface area contributed by atoms with E-state index in [-0.39, 0.29) is 28.4 Å². The molecular formula is C32H24ClN3O7S. The molecule has 6 rings (SSSR count). The molecule has 0 N–H and O–H groups in total. The Balaban J connectivity index is 1.54. The minimum Gasteiger partial charge on any atom is -0.496 e. The number of methoxy groups -OCH3 is 1. The van der Waals surface area contributed by atoms with Crippen molar-refractivity contribution in [2.24, 2.45) is 4.99 Å². The number of thiazole rings is 1. The number of esters is 1. The van der Waals surface area contributed by atoms with Crippen LogP contribution < -0.4 is 19.6 Å². The first-order chi connectivity index (χ1) is 21.2. The molecule has 0 spiro atoms. The molecule has 0 unspecified atom stereocenters. The quantitative estimate of drug-likeness (QED) is 0.127. The van der Waals surface area contributed by atoms with E-state index in [0.29, 0.717) is 43.4 Å². The number of hydrogen-bond acceptors (Lipinski definition) is 9. The second-order valence-corrected chi connectivity index (χ2v) is 11.2. The minimum absolute atomic E-state index is 0.0153. The first-order valence-corrected chi connectivity index (χ1v) is 14.7. The van der Waals surface area contributed by atoms with E-state index in [2.05, 4.69) is 4.99 Å². The summed E-state index contributed by atoms with van der Waals surface area (Å²) in [6, 6.07) is 18.2. The van der Waals surface area contributed by atoms with Gasteiger partial charge in [0.2, 0.25) is 0 Å². The van der Waals surface area contributed by atoms with Crippen LogP contribution in [-0.2, 0) is 9.53 Å². The zero-order chi connectivity index (χ0) is 31.1. The van der Waals surface area contributed by atoms with Gasteiger partial charge in [-0.15, -0.1) is 0 Å². The molecule has 0 saturated heterocycles. The van der Waals surface area contributed by atoms with Crippen molar-refractivity contribution >= 4 is 51.4 Å². The van der Waals surface area contributed by atoms with Gasteiger partial charge in [-0.05, 0) is 55.0 Å². The molecule has 3 heterocycles. The van der Waals surface area contributed by atoms with Crippen molar-refractivity contribution in [3.63, 3.8) is 0 Å². The summed E-state index contributed by atoms with van der Waals surface area (Å²) in [6.45, 7) is 3.59. The summed E-state index contributed by atoms with van der Waals surface area (Å²) in [6.07, 6.45) is 1.58. The van der Waals surface area contributed by atoms with E-state index in [0.717, 1.165) is 22.1 Å².